The van der Waals surface area contributed by atoms with E-state index >= 15 is 0 Å². The molecule has 1 aromatic heterocycles. The minimum atomic E-state index is -2.64. The Morgan fingerprint density at radius 2 is 1.78 bits per heavy atom. The highest BCUT2D eigenvalue weighted by Crippen LogP contribution is 2.37. The molecular weight excluding hydrogens is 366 g/mol. The SMILES string of the molecule is COc1cc2ncc(C#N)c(-c3ccc(CN[SH](=O)=O)cc3)c2cc1OC. The quantitative estimate of drug-likeness (QED) is 0.634. The van der Waals surface area contributed by atoms with Gasteiger partial charge in [-0.2, -0.15) is 5.26 Å². The molecule has 0 amide bonds. The number of pyridine rings is 1. The van der Waals surface area contributed by atoms with E-state index < -0.39 is 10.9 Å². The van der Waals surface area contributed by atoms with E-state index in [4.69, 9.17) is 9.47 Å². The molecular formula is C19H17N3O4S. The number of hydrogen-bond acceptors (Lipinski definition) is 6. The van der Waals surface area contributed by atoms with Crippen molar-refractivity contribution < 1.29 is 17.9 Å². The molecule has 0 saturated carbocycles. The molecule has 3 rings (SSSR count). The number of fused-ring (bicyclic) bond motifs is 1. The number of nitrogens with zero attached hydrogens (tertiary/aromatic N) is 2. The maximum atomic E-state index is 10.7. The molecule has 0 aliphatic carbocycles. The molecule has 1 heterocycles. The lowest BCUT2D eigenvalue weighted by molar-refractivity contribution is 0.356. The van der Waals surface area contributed by atoms with E-state index in [1.54, 1.807) is 26.4 Å². The summed E-state index contributed by atoms with van der Waals surface area (Å²) in [6.45, 7) is 0.214. The van der Waals surface area contributed by atoms with Gasteiger partial charge in [0.25, 0.3) is 0 Å². The van der Waals surface area contributed by atoms with Crippen LogP contribution in [-0.2, 0) is 17.4 Å². The van der Waals surface area contributed by atoms with Gasteiger partial charge in [-0.1, -0.05) is 24.3 Å². The van der Waals surface area contributed by atoms with Gasteiger partial charge < -0.3 is 9.47 Å². The summed E-state index contributed by atoms with van der Waals surface area (Å²) in [6.07, 6.45) is 1.53. The molecule has 138 valence electrons. The van der Waals surface area contributed by atoms with Gasteiger partial charge in [0.05, 0.1) is 25.3 Å². The molecule has 0 radical (unpaired) electrons. The highest BCUT2D eigenvalue weighted by Gasteiger charge is 2.15. The number of ether oxygens (including phenoxy) is 2. The number of rotatable bonds is 6. The van der Waals surface area contributed by atoms with Crippen LogP contribution in [0.4, 0.5) is 0 Å². The minimum absolute atomic E-state index is 0.214. The Morgan fingerprint density at radius 1 is 1.11 bits per heavy atom. The van der Waals surface area contributed by atoms with Crippen molar-refractivity contribution >= 4 is 21.8 Å². The van der Waals surface area contributed by atoms with E-state index in [0.717, 1.165) is 22.1 Å². The van der Waals surface area contributed by atoms with Crippen LogP contribution in [0.3, 0.4) is 0 Å². The summed E-state index contributed by atoms with van der Waals surface area (Å²) in [5.74, 6) is 1.10. The highest BCUT2D eigenvalue weighted by molar-refractivity contribution is 7.70. The summed E-state index contributed by atoms with van der Waals surface area (Å²) >= 11 is 0. The van der Waals surface area contributed by atoms with Crippen LogP contribution >= 0.6 is 0 Å². The molecule has 8 heteroatoms. The normalized spacial score (nSPS) is 10.7. The number of thiol groups is 1. The predicted molar refractivity (Wildman–Crippen MR) is 102 cm³/mol. The Bertz CT molecular complexity index is 1090. The van der Waals surface area contributed by atoms with Crippen LogP contribution in [0.5, 0.6) is 11.5 Å². The van der Waals surface area contributed by atoms with Gasteiger partial charge >= 0.3 is 0 Å². The van der Waals surface area contributed by atoms with Crippen molar-refractivity contribution in [1.82, 2.24) is 9.71 Å². The number of methoxy groups -OCH3 is 2. The zero-order chi connectivity index (χ0) is 19.4. The van der Waals surface area contributed by atoms with E-state index in [0.29, 0.717) is 22.6 Å². The summed E-state index contributed by atoms with van der Waals surface area (Å²) < 4.78 is 34.4. The first-order valence-electron chi connectivity index (χ1n) is 7.99. The highest BCUT2D eigenvalue weighted by atomic mass is 32.2. The molecule has 0 aliphatic heterocycles. The Kier molecular flexibility index (Phi) is 5.54. The summed E-state index contributed by atoms with van der Waals surface area (Å²) in [5, 5.41) is 10.3. The second-order valence-corrected chi connectivity index (χ2v) is 6.50. The van der Waals surface area contributed by atoms with E-state index in [9.17, 15) is 13.7 Å². The molecule has 27 heavy (non-hydrogen) atoms. The van der Waals surface area contributed by atoms with Crippen molar-refractivity contribution in [2.45, 2.75) is 6.54 Å². The first kappa shape index (κ1) is 18.6. The third kappa shape index (κ3) is 3.84. The Balaban J connectivity index is 2.15. The summed E-state index contributed by atoms with van der Waals surface area (Å²) in [7, 11) is 0.457. The van der Waals surface area contributed by atoms with Crippen molar-refractivity contribution in [3.63, 3.8) is 0 Å². The number of hydrogen-bond donors (Lipinski definition) is 2. The zero-order valence-electron chi connectivity index (χ0n) is 14.7. The van der Waals surface area contributed by atoms with Crippen molar-refractivity contribution in [1.29, 1.82) is 5.26 Å². The van der Waals surface area contributed by atoms with Crippen LogP contribution < -0.4 is 14.2 Å². The standard InChI is InChI=1S/C19H17N3O4S/c1-25-17-7-15-16(8-18(17)26-2)21-11-14(9-20)19(15)13-5-3-12(4-6-13)10-22-27(23)24/h3-8,11,27H,10H2,1-2H3,(H,22,23,24). The molecule has 0 unspecified atom stereocenters. The van der Waals surface area contributed by atoms with Crippen LogP contribution in [0.15, 0.2) is 42.6 Å². The monoisotopic (exact) mass is 383 g/mol. The molecule has 0 atom stereocenters. The third-order valence-corrected chi connectivity index (χ3v) is 4.56. The lowest BCUT2D eigenvalue weighted by atomic mass is 9.96. The summed E-state index contributed by atoms with van der Waals surface area (Å²) in [5.41, 5.74) is 3.48. The molecule has 7 nitrogen and oxygen atoms in total. The Morgan fingerprint density at radius 3 is 2.37 bits per heavy atom. The van der Waals surface area contributed by atoms with Crippen LogP contribution in [0.2, 0.25) is 0 Å². The minimum Gasteiger partial charge on any atom is -0.493 e. The maximum absolute atomic E-state index is 10.7. The number of aromatic nitrogens is 1. The van der Waals surface area contributed by atoms with Crippen molar-refractivity contribution in [2.75, 3.05) is 14.2 Å². The lowest BCUT2D eigenvalue weighted by Gasteiger charge is -2.13. The van der Waals surface area contributed by atoms with E-state index in [1.165, 1.54) is 6.20 Å². The molecule has 0 aliphatic rings. The largest absolute Gasteiger partial charge is 0.493 e. The maximum Gasteiger partial charge on any atom is 0.201 e. The number of nitrogens with one attached hydrogen (secondary N) is 1. The van der Waals surface area contributed by atoms with E-state index in [1.807, 2.05) is 24.3 Å². The first-order valence-corrected chi connectivity index (χ1v) is 9.17. The van der Waals surface area contributed by atoms with Crippen molar-refractivity contribution in [3.8, 4) is 28.7 Å². The topological polar surface area (TPSA) is 101 Å². The lowest BCUT2D eigenvalue weighted by Crippen LogP contribution is -2.09. The number of benzene rings is 2. The van der Waals surface area contributed by atoms with Gasteiger partial charge in [-0.15, -0.1) is 0 Å². The van der Waals surface area contributed by atoms with Crippen LogP contribution in [-0.4, -0.2) is 27.6 Å². The Hall–Kier alpha value is -3.15. The predicted octanol–water partition coefficient (Wildman–Crippen LogP) is 2.41. The third-order valence-electron chi connectivity index (χ3n) is 4.15. The van der Waals surface area contributed by atoms with Gasteiger partial charge in [0, 0.05) is 29.8 Å². The van der Waals surface area contributed by atoms with Crippen molar-refractivity contribution in [2.24, 2.45) is 0 Å². The average molecular weight is 383 g/mol. The average Bonchev–Trinajstić information content (AvgIpc) is 2.70. The van der Waals surface area contributed by atoms with E-state index in [-0.39, 0.29) is 6.54 Å². The van der Waals surface area contributed by atoms with Gasteiger partial charge in [0.1, 0.15) is 6.07 Å². The second kappa shape index (κ2) is 8.03. The zero-order valence-corrected chi connectivity index (χ0v) is 15.6. The molecule has 0 spiro atoms. The van der Waals surface area contributed by atoms with Gasteiger partial charge in [0.15, 0.2) is 11.5 Å². The smallest absolute Gasteiger partial charge is 0.201 e. The fraction of sp³-hybridized carbons (Fsp3) is 0.158. The van der Waals surface area contributed by atoms with Gasteiger partial charge in [-0.25, -0.2) is 13.1 Å². The molecule has 3 aromatic rings. The fourth-order valence-corrected chi connectivity index (χ4v) is 3.17. The molecule has 0 saturated heterocycles. The molecule has 0 fully saturated rings. The Labute approximate surface area is 158 Å². The molecule has 1 N–H and O–H groups in total. The fourth-order valence-electron chi connectivity index (χ4n) is 2.86. The van der Waals surface area contributed by atoms with Crippen LogP contribution in [0, 0.1) is 11.3 Å². The van der Waals surface area contributed by atoms with Gasteiger partial charge in [-0.3, -0.25) is 4.98 Å². The number of nitriles is 1. The van der Waals surface area contributed by atoms with Crippen LogP contribution in [0.1, 0.15) is 11.1 Å². The van der Waals surface area contributed by atoms with E-state index in [2.05, 4.69) is 15.8 Å². The van der Waals surface area contributed by atoms with Crippen LogP contribution in [0.25, 0.3) is 22.0 Å². The second-order valence-electron chi connectivity index (χ2n) is 5.67. The first-order chi connectivity index (χ1) is 13.1. The molecule has 2 aromatic carbocycles. The van der Waals surface area contributed by atoms with Gasteiger partial charge in [0.2, 0.25) is 10.9 Å². The summed E-state index contributed by atoms with van der Waals surface area (Å²) in [4.78, 5) is 4.35. The van der Waals surface area contributed by atoms with Gasteiger partial charge in [-0.05, 0) is 17.2 Å². The summed E-state index contributed by atoms with van der Waals surface area (Å²) in [6, 6.07) is 13.1. The molecule has 0 bridgehead atoms. The van der Waals surface area contributed by atoms with Crippen molar-refractivity contribution in [3.05, 3.63) is 53.7 Å².